The SMILES string of the molecule is Cc1ccc(=O)n(C(CN)C(F)(F)F)n1. The molecule has 1 unspecified atom stereocenters. The predicted molar refractivity (Wildman–Crippen MR) is 47.4 cm³/mol. The Balaban J connectivity index is 3.24. The van der Waals surface area contributed by atoms with Crippen molar-refractivity contribution < 1.29 is 13.2 Å². The molecule has 84 valence electrons. The number of alkyl halides is 3. The van der Waals surface area contributed by atoms with Gasteiger partial charge in [-0.25, -0.2) is 4.68 Å². The summed E-state index contributed by atoms with van der Waals surface area (Å²) in [7, 11) is 0. The van der Waals surface area contributed by atoms with E-state index in [1.165, 1.54) is 13.0 Å². The monoisotopic (exact) mass is 221 g/mol. The predicted octanol–water partition coefficient (Wildman–Crippen LogP) is 0.614. The van der Waals surface area contributed by atoms with Gasteiger partial charge < -0.3 is 5.73 Å². The lowest BCUT2D eigenvalue weighted by atomic mass is 10.3. The zero-order valence-electron chi connectivity index (χ0n) is 7.95. The minimum absolute atomic E-state index is 0.331. The maximum atomic E-state index is 12.4. The van der Waals surface area contributed by atoms with Crippen LogP contribution in [-0.2, 0) is 0 Å². The van der Waals surface area contributed by atoms with Crippen LogP contribution >= 0.6 is 0 Å². The highest BCUT2D eigenvalue weighted by Gasteiger charge is 2.41. The van der Waals surface area contributed by atoms with E-state index in [1.54, 1.807) is 0 Å². The van der Waals surface area contributed by atoms with Gasteiger partial charge in [0.05, 0.1) is 5.69 Å². The maximum Gasteiger partial charge on any atom is 0.412 e. The maximum absolute atomic E-state index is 12.4. The van der Waals surface area contributed by atoms with Gasteiger partial charge in [-0.3, -0.25) is 4.79 Å². The average Bonchev–Trinajstić information content (AvgIpc) is 2.10. The molecule has 0 fully saturated rings. The molecule has 15 heavy (non-hydrogen) atoms. The van der Waals surface area contributed by atoms with E-state index < -0.39 is 24.3 Å². The van der Waals surface area contributed by atoms with Gasteiger partial charge in [-0.05, 0) is 13.0 Å². The molecule has 1 rings (SSSR count). The molecule has 1 aromatic heterocycles. The average molecular weight is 221 g/mol. The van der Waals surface area contributed by atoms with E-state index in [0.29, 0.717) is 10.4 Å². The molecular weight excluding hydrogens is 211 g/mol. The minimum Gasteiger partial charge on any atom is -0.328 e. The Morgan fingerprint density at radius 3 is 2.60 bits per heavy atom. The second-order valence-corrected chi connectivity index (χ2v) is 3.05. The van der Waals surface area contributed by atoms with Crippen molar-refractivity contribution in [2.24, 2.45) is 5.73 Å². The molecule has 0 aliphatic rings. The summed E-state index contributed by atoms with van der Waals surface area (Å²) in [6.45, 7) is 0.791. The van der Waals surface area contributed by atoms with Gasteiger partial charge in [-0.15, -0.1) is 0 Å². The minimum atomic E-state index is -4.57. The van der Waals surface area contributed by atoms with Crippen LogP contribution in [0.5, 0.6) is 0 Å². The van der Waals surface area contributed by atoms with Crippen LogP contribution in [0, 0.1) is 6.92 Å². The number of hydrogen-bond donors (Lipinski definition) is 1. The summed E-state index contributed by atoms with van der Waals surface area (Å²) < 4.78 is 37.7. The highest BCUT2D eigenvalue weighted by molar-refractivity contribution is 4.98. The Labute approximate surface area is 83.5 Å². The summed E-state index contributed by atoms with van der Waals surface area (Å²) in [5.41, 5.74) is 4.51. The van der Waals surface area contributed by atoms with Crippen LogP contribution in [0.2, 0.25) is 0 Å². The van der Waals surface area contributed by atoms with Crippen LogP contribution in [0.15, 0.2) is 16.9 Å². The number of halogens is 3. The molecule has 0 saturated carbocycles. The van der Waals surface area contributed by atoms with E-state index in [9.17, 15) is 18.0 Å². The smallest absolute Gasteiger partial charge is 0.328 e. The Morgan fingerprint density at radius 1 is 1.53 bits per heavy atom. The fourth-order valence-electron chi connectivity index (χ4n) is 1.12. The molecule has 0 spiro atoms. The molecule has 0 radical (unpaired) electrons. The Bertz CT molecular complexity index is 399. The lowest BCUT2D eigenvalue weighted by Crippen LogP contribution is -2.40. The van der Waals surface area contributed by atoms with Crippen molar-refractivity contribution in [1.29, 1.82) is 0 Å². The van der Waals surface area contributed by atoms with E-state index in [-0.39, 0.29) is 0 Å². The first-order valence-electron chi connectivity index (χ1n) is 4.19. The van der Waals surface area contributed by atoms with Gasteiger partial charge in [0.1, 0.15) is 0 Å². The van der Waals surface area contributed by atoms with Gasteiger partial charge in [0.15, 0.2) is 6.04 Å². The van der Waals surface area contributed by atoms with Gasteiger partial charge in [0.25, 0.3) is 5.56 Å². The van der Waals surface area contributed by atoms with E-state index in [2.05, 4.69) is 5.10 Å². The van der Waals surface area contributed by atoms with Crippen LogP contribution in [0.4, 0.5) is 13.2 Å². The Kier molecular flexibility index (Phi) is 3.13. The molecule has 2 N–H and O–H groups in total. The number of nitrogens with two attached hydrogens (primary N) is 1. The van der Waals surface area contributed by atoms with Gasteiger partial charge in [-0.2, -0.15) is 18.3 Å². The number of rotatable bonds is 2. The normalized spacial score (nSPS) is 13.9. The summed E-state index contributed by atoms with van der Waals surface area (Å²) in [5.74, 6) is 0. The van der Waals surface area contributed by atoms with E-state index >= 15 is 0 Å². The Hall–Kier alpha value is -1.37. The molecule has 0 saturated heterocycles. The topological polar surface area (TPSA) is 60.9 Å². The molecule has 0 aliphatic carbocycles. The van der Waals surface area contributed by atoms with Gasteiger partial charge in [0.2, 0.25) is 0 Å². The van der Waals surface area contributed by atoms with Crippen molar-refractivity contribution in [1.82, 2.24) is 9.78 Å². The fraction of sp³-hybridized carbons (Fsp3) is 0.500. The standard InChI is InChI=1S/C8H10F3N3O/c1-5-2-3-7(15)14(13-5)6(4-12)8(9,10)11/h2-3,6H,4,12H2,1H3. The third kappa shape index (κ3) is 2.56. The van der Waals surface area contributed by atoms with Crippen LogP contribution in [0.1, 0.15) is 11.7 Å². The molecule has 0 aliphatic heterocycles. The van der Waals surface area contributed by atoms with Crippen LogP contribution in [-0.4, -0.2) is 22.5 Å². The molecule has 1 heterocycles. The highest BCUT2D eigenvalue weighted by atomic mass is 19.4. The van der Waals surface area contributed by atoms with Crippen molar-refractivity contribution in [3.05, 3.63) is 28.2 Å². The molecule has 0 aromatic carbocycles. The van der Waals surface area contributed by atoms with E-state index in [1.807, 2.05) is 0 Å². The number of nitrogens with zero attached hydrogens (tertiary/aromatic N) is 2. The van der Waals surface area contributed by atoms with Crippen molar-refractivity contribution in [2.75, 3.05) is 6.54 Å². The lowest BCUT2D eigenvalue weighted by molar-refractivity contribution is -0.168. The third-order valence-electron chi connectivity index (χ3n) is 1.85. The van der Waals surface area contributed by atoms with Crippen LogP contribution < -0.4 is 11.3 Å². The Morgan fingerprint density at radius 2 is 2.13 bits per heavy atom. The first-order chi connectivity index (χ1) is 6.86. The molecule has 1 atom stereocenters. The zero-order chi connectivity index (χ0) is 11.6. The van der Waals surface area contributed by atoms with Crippen molar-refractivity contribution in [3.8, 4) is 0 Å². The lowest BCUT2D eigenvalue weighted by Gasteiger charge is -2.19. The van der Waals surface area contributed by atoms with Crippen LogP contribution in [0.3, 0.4) is 0 Å². The van der Waals surface area contributed by atoms with Gasteiger partial charge in [-0.1, -0.05) is 0 Å². The van der Waals surface area contributed by atoms with Crippen LogP contribution in [0.25, 0.3) is 0 Å². The summed E-state index contributed by atoms with van der Waals surface area (Å²) in [5, 5.41) is 3.51. The molecule has 1 aromatic rings. The van der Waals surface area contributed by atoms with Crippen molar-refractivity contribution in [3.63, 3.8) is 0 Å². The second-order valence-electron chi connectivity index (χ2n) is 3.05. The molecule has 0 amide bonds. The molecule has 4 nitrogen and oxygen atoms in total. The zero-order valence-corrected chi connectivity index (χ0v) is 7.95. The number of hydrogen-bond acceptors (Lipinski definition) is 3. The summed E-state index contributed by atoms with van der Waals surface area (Å²) in [6.07, 6.45) is -4.57. The summed E-state index contributed by atoms with van der Waals surface area (Å²) in [4.78, 5) is 11.2. The fourth-order valence-corrected chi connectivity index (χ4v) is 1.12. The van der Waals surface area contributed by atoms with Crippen molar-refractivity contribution >= 4 is 0 Å². The number of aromatic nitrogens is 2. The molecule has 7 heteroatoms. The number of aryl methyl sites for hydroxylation is 1. The third-order valence-corrected chi connectivity index (χ3v) is 1.85. The second kappa shape index (κ2) is 4.01. The molecular formula is C8H10F3N3O. The van der Waals surface area contributed by atoms with E-state index in [0.717, 1.165) is 6.07 Å². The van der Waals surface area contributed by atoms with Gasteiger partial charge >= 0.3 is 6.18 Å². The van der Waals surface area contributed by atoms with E-state index in [4.69, 9.17) is 5.73 Å². The summed E-state index contributed by atoms with van der Waals surface area (Å²) >= 11 is 0. The largest absolute Gasteiger partial charge is 0.412 e. The first kappa shape index (κ1) is 11.7. The quantitative estimate of drug-likeness (QED) is 0.796. The van der Waals surface area contributed by atoms with Gasteiger partial charge in [0, 0.05) is 12.6 Å². The first-order valence-corrected chi connectivity index (χ1v) is 4.19. The van der Waals surface area contributed by atoms with Crippen molar-refractivity contribution in [2.45, 2.75) is 19.1 Å². The molecule has 0 bridgehead atoms. The highest BCUT2D eigenvalue weighted by Crippen LogP contribution is 2.27. The summed E-state index contributed by atoms with van der Waals surface area (Å²) in [6, 6.07) is 0.324.